The minimum absolute atomic E-state index is 0.246. The van der Waals surface area contributed by atoms with Crippen LogP contribution in [0.4, 0.5) is 13.2 Å². The summed E-state index contributed by atoms with van der Waals surface area (Å²) in [7, 11) is 0. The normalized spacial score (nSPS) is 21.7. The van der Waals surface area contributed by atoms with Crippen molar-refractivity contribution in [3.8, 4) is 0 Å². The van der Waals surface area contributed by atoms with Crippen LogP contribution >= 0.6 is 0 Å². The zero-order valence-electron chi connectivity index (χ0n) is 13.1. The van der Waals surface area contributed by atoms with Crippen LogP contribution in [0.3, 0.4) is 0 Å². The van der Waals surface area contributed by atoms with Crippen LogP contribution in [0.15, 0.2) is 0 Å². The third-order valence-corrected chi connectivity index (χ3v) is 4.40. The average Bonchev–Trinajstić information content (AvgIpc) is 3.00. The van der Waals surface area contributed by atoms with Gasteiger partial charge in [-0.15, -0.1) is 0 Å². The maximum absolute atomic E-state index is 13.2. The van der Waals surface area contributed by atoms with Gasteiger partial charge in [0.1, 0.15) is 0 Å². The molecule has 1 atom stereocenters. The highest BCUT2D eigenvalue weighted by Crippen LogP contribution is 2.46. The van der Waals surface area contributed by atoms with Gasteiger partial charge in [0, 0.05) is 25.3 Å². The van der Waals surface area contributed by atoms with Gasteiger partial charge in [0.25, 0.3) is 5.91 Å². The van der Waals surface area contributed by atoms with Gasteiger partial charge in [-0.2, -0.15) is 18.3 Å². The molecule has 1 unspecified atom stereocenters. The summed E-state index contributed by atoms with van der Waals surface area (Å²) in [6, 6.07) is 0. The molecule has 0 saturated carbocycles. The molecule has 23 heavy (non-hydrogen) atoms. The number of carbonyl (C=O) groups is 2. The quantitative estimate of drug-likeness (QED) is 0.918. The maximum atomic E-state index is 13.2. The number of likely N-dealkylation sites (tertiary alicyclic amines) is 1. The molecule has 1 fully saturated rings. The Kier molecular flexibility index (Phi) is 4.16. The number of rotatable bonds is 3. The van der Waals surface area contributed by atoms with Gasteiger partial charge in [0.05, 0.1) is 11.3 Å². The summed E-state index contributed by atoms with van der Waals surface area (Å²) in [6.45, 7) is 4.52. The first kappa shape index (κ1) is 17.3. The number of aromatic nitrogens is 2. The number of aliphatic carboxylic acids is 1. The molecule has 1 aromatic heterocycles. The summed E-state index contributed by atoms with van der Waals surface area (Å²) in [5.74, 6) is -2.55. The van der Waals surface area contributed by atoms with E-state index in [1.807, 2.05) is 6.92 Å². The zero-order chi connectivity index (χ0) is 17.6. The SMILES string of the molecule is CCn1nc(C)c(C(=O)N2CCC(C(=O)O)(C(F)(F)F)C2)c1C. The second kappa shape index (κ2) is 5.54. The second-order valence-corrected chi connectivity index (χ2v) is 5.72. The predicted octanol–water partition coefficient (Wildman–Crippen LogP) is 2.00. The number of aryl methyl sites for hydroxylation is 2. The van der Waals surface area contributed by atoms with Gasteiger partial charge >= 0.3 is 12.1 Å². The smallest absolute Gasteiger partial charge is 0.406 e. The molecule has 1 N–H and O–H groups in total. The summed E-state index contributed by atoms with van der Waals surface area (Å²) in [6.07, 6.45) is -5.55. The van der Waals surface area contributed by atoms with E-state index >= 15 is 0 Å². The summed E-state index contributed by atoms with van der Waals surface area (Å²) in [4.78, 5) is 24.7. The summed E-state index contributed by atoms with van der Waals surface area (Å²) in [5, 5.41) is 13.2. The van der Waals surface area contributed by atoms with Crippen molar-refractivity contribution in [2.45, 2.75) is 39.9 Å². The topological polar surface area (TPSA) is 75.4 Å². The molecule has 128 valence electrons. The zero-order valence-corrected chi connectivity index (χ0v) is 13.1. The number of nitrogens with zero attached hydrogens (tertiary/aromatic N) is 3. The average molecular weight is 333 g/mol. The Morgan fingerprint density at radius 3 is 2.35 bits per heavy atom. The molecular formula is C14H18F3N3O3. The van der Waals surface area contributed by atoms with Crippen molar-refractivity contribution in [1.29, 1.82) is 0 Å². The Morgan fingerprint density at radius 1 is 1.35 bits per heavy atom. The van der Waals surface area contributed by atoms with Crippen LogP contribution < -0.4 is 0 Å². The van der Waals surface area contributed by atoms with E-state index in [2.05, 4.69) is 5.10 Å². The van der Waals surface area contributed by atoms with Crippen molar-refractivity contribution in [3.05, 3.63) is 17.0 Å². The van der Waals surface area contributed by atoms with Crippen molar-refractivity contribution < 1.29 is 27.9 Å². The number of halogens is 3. The first-order valence-corrected chi connectivity index (χ1v) is 7.18. The standard InChI is InChI=1S/C14H18F3N3O3/c1-4-20-9(3)10(8(2)18-20)11(21)19-6-5-13(7-19,12(22)23)14(15,16)17/h4-7H2,1-3H3,(H,22,23). The van der Waals surface area contributed by atoms with Crippen LogP contribution in [0.1, 0.15) is 35.1 Å². The largest absolute Gasteiger partial charge is 0.481 e. The van der Waals surface area contributed by atoms with E-state index in [1.54, 1.807) is 18.5 Å². The second-order valence-electron chi connectivity index (χ2n) is 5.72. The van der Waals surface area contributed by atoms with Crippen LogP contribution in [0.5, 0.6) is 0 Å². The summed E-state index contributed by atoms with van der Waals surface area (Å²) in [5.41, 5.74) is -1.66. The van der Waals surface area contributed by atoms with Gasteiger partial charge in [-0.05, 0) is 27.2 Å². The lowest BCUT2D eigenvalue weighted by molar-refractivity contribution is -0.227. The van der Waals surface area contributed by atoms with Crippen molar-refractivity contribution in [1.82, 2.24) is 14.7 Å². The first-order chi connectivity index (χ1) is 10.5. The number of hydrogen-bond acceptors (Lipinski definition) is 3. The number of carbonyl (C=O) groups excluding carboxylic acids is 1. The van der Waals surface area contributed by atoms with E-state index in [-0.39, 0.29) is 12.1 Å². The lowest BCUT2D eigenvalue weighted by Gasteiger charge is -2.27. The fourth-order valence-electron chi connectivity index (χ4n) is 2.98. The molecule has 0 spiro atoms. The van der Waals surface area contributed by atoms with Crippen molar-refractivity contribution in [2.75, 3.05) is 13.1 Å². The number of hydrogen-bond donors (Lipinski definition) is 1. The Morgan fingerprint density at radius 2 is 1.96 bits per heavy atom. The molecule has 1 amide bonds. The van der Waals surface area contributed by atoms with Crippen molar-refractivity contribution >= 4 is 11.9 Å². The fourth-order valence-corrected chi connectivity index (χ4v) is 2.98. The summed E-state index contributed by atoms with van der Waals surface area (Å²) >= 11 is 0. The van der Waals surface area contributed by atoms with Crippen LogP contribution in [0.2, 0.25) is 0 Å². The van der Waals surface area contributed by atoms with Gasteiger partial charge in [0.15, 0.2) is 5.41 Å². The van der Waals surface area contributed by atoms with Crippen molar-refractivity contribution in [2.24, 2.45) is 5.41 Å². The van der Waals surface area contributed by atoms with E-state index in [0.717, 1.165) is 4.90 Å². The maximum Gasteiger partial charge on any atom is 0.406 e. The van der Waals surface area contributed by atoms with Gasteiger partial charge in [0.2, 0.25) is 0 Å². The van der Waals surface area contributed by atoms with E-state index in [0.29, 0.717) is 17.9 Å². The molecule has 6 nitrogen and oxygen atoms in total. The van der Waals surface area contributed by atoms with E-state index in [9.17, 15) is 22.8 Å². The number of carboxylic acid groups (broad SMARTS) is 1. The third kappa shape index (κ3) is 2.57. The highest BCUT2D eigenvalue weighted by molar-refractivity contribution is 5.97. The molecule has 0 aromatic carbocycles. The number of carboxylic acids is 1. The molecular weight excluding hydrogens is 315 g/mol. The van der Waals surface area contributed by atoms with Crippen LogP contribution in [0, 0.1) is 19.3 Å². The van der Waals surface area contributed by atoms with Crippen LogP contribution in [0.25, 0.3) is 0 Å². The monoisotopic (exact) mass is 333 g/mol. The highest BCUT2D eigenvalue weighted by atomic mass is 19.4. The minimum atomic E-state index is -4.91. The number of alkyl halides is 3. The van der Waals surface area contributed by atoms with Crippen LogP contribution in [-0.4, -0.2) is 50.9 Å². The number of amides is 1. The molecule has 0 aliphatic carbocycles. The molecule has 0 bridgehead atoms. The Bertz CT molecular complexity index is 654. The molecule has 1 aliphatic rings. The van der Waals surface area contributed by atoms with Gasteiger partial charge < -0.3 is 10.0 Å². The molecule has 9 heteroatoms. The minimum Gasteiger partial charge on any atom is -0.481 e. The highest BCUT2D eigenvalue weighted by Gasteiger charge is 2.64. The van der Waals surface area contributed by atoms with Crippen molar-refractivity contribution in [3.63, 3.8) is 0 Å². The Labute approximate surface area is 130 Å². The lowest BCUT2D eigenvalue weighted by atomic mass is 9.86. The fraction of sp³-hybridized carbons (Fsp3) is 0.643. The van der Waals surface area contributed by atoms with E-state index < -0.39 is 36.4 Å². The van der Waals surface area contributed by atoms with E-state index in [4.69, 9.17) is 5.11 Å². The first-order valence-electron chi connectivity index (χ1n) is 7.18. The molecule has 1 aromatic rings. The summed E-state index contributed by atoms with van der Waals surface area (Å²) < 4.78 is 41.2. The van der Waals surface area contributed by atoms with Gasteiger partial charge in [-0.1, -0.05) is 0 Å². The van der Waals surface area contributed by atoms with Crippen LogP contribution in [-0.2, 0) is 11.3 Å². The lowest BCUT2D eigenvalue weighted by Crippen LogP contribution is -2.47. The Balaban J connectivity index is 2.34. The molecule has 1 saturated heterocycles. The van der Waals surface area contributed by atoms with E-state index in [1.165, 1.54) is 0 Å². The molecule has 1 aliphatic heterocycles. The molecule has 2 heterocycles. The third-order valence-electron chi connectivity index (χ3n) is 4.40. The van der Waals surface area contributed by atoms with Gasteiger partial charge in [-0.25, -0.2) is 0 Å². The molecule has 0 radical (unpaired) electrons. The molecule has 2 rings (SSSR count). The van der Waals surface area contributed by atoms with Gasteiger partial charge in [-0.3, -0.25) is 14.3 Å². The predicted molar refractivity (Wildman–Crippen MR) is 74.0 cm³/mol. The Hall–Kier alpha value is -2.06.